The van der Waals surface area contributed by atoms with Crippen molar-refractivity contribution in [2.45, 2.75) is 38.9 Å². The monoisotopic (exact) mass is 360 g/mol. The highest BCUT2D eigenvalue weighted by Gasteiger charge is 2.15. The largest absolute Gasteiger partial charge is 0.496 e. The van der Waals surface area contributed by atoms with Crippen molar-refractivity contribution < 1.29 is 9.53 Å². The van der Waals surface area contributed by atoms with Crippen LogP contribution in [-0.4, -0.2) is 13.0 Å². The molecule has 1 aliphatic heterocycles. The lowest BCUT2D eigenvalue weighted by Gasteiger charge is -2.15. The third-order valence-electron chi connectivity index (χ3n) is 4.55. The molecule has 0 saturated carbocycles. The fraction of sp³-hybridized carbons (Fsp3) is 0.350. The van der Waals surface area contributed by atoms with Crippen LogP contribution in [0.4, 0.5) is 0 Å². The number of rotatable bonds is 6. The topological polar surface area (TPSA) is 50.4 Å². The van der Waals surface area contributed by atoms with Crippen molar-refractivity contribution in [1.29, 1.82) is 0 Å². The van der Waals surface area contributed by atoms with Gasteiger partial charge < -0.3 is 15.4 Å². The van der Waals surface area contributed by atoms with Gasteiger partial charge in [0.1, 0.15) is 5.75 Å². The molecule has 0 aliphatic carbocycles. The first-order valence-corrected chi connectivity index (χ1v) is 8.38. The number of nitrogens with one attached hydrogen (secondary N) is 2. The van der Waals surface area contributed by atoms with E-state index < -0.39 is 0 Å². The SMILES string of the molecule is COc1ccccc1C(C)CC(=O)NCc1ccc2c(c1)CNC2.Cl. The second kappa shape index (κ2) is 8.88. The first-order chi connectivity index (χ1) is 11.7. The third-order valence-corrected chi connectivity index (χ3v) is 4.55. The van der Waals surface area contributed by atoms with Gasteiger partial charge in [0.15, 0.2) is 0 Å². The minimum atomic E-state index is 0. The van der Waals surface area contributed by atoms with Crippen molar-refractivity contribution in [3.8, 4) is 5.75 Å². The maximum atomic E-state index is 12.3. The summed E-state index contributed by atoms with van der Waals surface area (Å²) in [5.41, 5.74) is 4.91. The summed E-state index contributed by atoms with van der Waals surface area (Å²) in [4.78, 5) is 12.3. The van der Waals surface area contributed by atoms with Gasteiger partial charge in [0.25, 0.3) is 0 Å². The molecule has 1 unspecified atom stereocenters. The zero-order valence-corrected chi connectivity index (χ0v) is 15.5. The van der Waals surface area contributed by atoms with Gasteiger partial charge >= 0.3 is 0 Å². The second-order valence-electron chi connectivity index (χ2n) is 6.33. The molecule has 5 heteroatoms. The van der Waals surface area contributed by atoms with Gasteiger partial charge in [-0.1, -0.05) is 43.3 Å². The number of carbonyl (C=O) groups excluding carboxylic acids is 1. The molecule has 2 N–H and O–H groups in total. The van der Waals surface area contributed by atoms with E-state index in [9.17, 15) is 4.79 Å². The summed E-state index contributed by atoms with van der Waals surface area (Å²) in [6, 6.07) is 14.3. The molecule has 0 radical (unpaired) electrons. The summed E-state index contributed by atoms with van der Waals surface area (Å²) in [5, 5.41) is 6.36. The van der Waals surface area contributed by atoms with E-state index in [1.165, 1.54) is 11.1 Å². The van der Waals surface area contributed by atoms with Crippen LogP contribution >= 0.6 is 12.4 Å². The molecule has 1 heterocycles. The molecule has 0 saturated heterocycles. The van der Waals surface area contributed by atoms with Gasteiger partial charge in [-0.05, 0) is 34.2 Å². The first-order valence-electron chi connectivity index (χ1n) is 8.38. The summed E-state index contributed by atoms with van der Waals surface area (Å²) in [6.07, 6.45) is 0.451. The molecule has 134 valence electrons. The van der Waals surface area contributed by atoms with E-state index in [1.807, 2.05) is 24.3 Å². The maximum Gasteiger partial charge on any atom is 0.220 e. The Morgan fingerprint density at radius 1 is 1.20 bits per heavy atom. The van der Waals surface area contributed by atoms with Crippen LogP contribution < -0.4 is 15.4 Å². The third kappa shape index (κ3) is 4.74. The lowest BCUT2D eigenvalue weighted by molar-refractivity contribution is -0.121. The summed E-state index contributed by atoms with van der Waals surface area (Å²) >= 11 is 0. The van der Waals surface area contributed by atoms with Gasteiger partial charge in [0.05, 0.1) is 7.11 Å². The molecule has 0 bridgehead atoms. The van der Waals surface area contributed by atoms with Crippen molar-refractivity contribution in [3.05, 3.63) is 64.7 Å². The number of para-hydroxylation sites is 1. The Kier molecular flexibility index (Phi) is 6.85. The Bertz CT molecular complexity index is 733. The van der Waals surface area contributed by atoms with Crippen molar-refractivity contribution in [3.63, 3.8) is 0 Å². The lowest BCUT2D eigenvalue weighted by Crippen LogP contribution is -2.24. The minimum Gasteiger partial charge on any atom is -0.496 e. The normalized spacial score (nSPS) is 13.5. The van der Waals surface area contributed by atoms with E-state index in [0.717, 1.165) is 30.0 Å². The van der Waals surface area contributed by atoms with Gasteiger partial charge in [0.2, 0.25) is 5.91 Å². The Balaban J connectivity index is 0.00000225. The Hall–Kier alpha value is -2.04. The van der Waals surface area contributed by atoms with Crippen LogP contribution in [0.5, 0.6) is 5.75 Å². The predicted molar refractivity (Wildman–Crippen MR) is 102 cm³/mol. The smallest absolute Gasteiger partial charge is 0.220 e. The molecular formula is C20H25ClN2O2. The van der Waals surface area contributed by atoms with Gasteiger partial charge in [-0.25, -0.2) is 0 Å². The zero-order chi connectivity index (χ0) is 16.9. The van der Waals surface area contributed by atoms with Crippen LogP contribution in [0.2, 0.25) is 0 Å². The Labute approximate surface area is 155 Å². The summed E-state index contributed by atoms with van der Waals surface area (Å²) in [5.74, 6) is 1.02. The zero-order valence-electron chi connectivity index (χ0n) is 14.7. The number of fused-ring (bicyclic) bond motifs is 1. The number of hydrogen-bond acceptors (Lipinski definition) is 3. The van der Waals surface area contributed by atoms with Crippen LogP contribution in [-0.2, 0) is 24.4 Å². The van der Waals surface area contributed by atoms with Crippen LogP contribution in [0.25, 0.3) is 0 Å². The average molecular weight is 361 g/mol. The number of amides is 1. The molecule has 1 aliphatic rings. The number of hydrogen-bond donors (Lipinski definition) is 2. The molecule has 0 fully saturated rings. The number of ether oxygens (including phenoxy) is 1. The standard InChI is InChI=1S/C20H24N2O2.ClH/c1-14(18-5-3-4-6-19(18)24-2)9-20(23)22-11-15-7-8-16-12-21-13-17(16)10-15;/h3-8,10,14,21H,9,11-13H2,1-2H3,(H,22,23);1H. The molecule has 0 aromatic heterocycles. The van der Waals surface area contributed by atoms with Gasteiger partial charge in [0, 0.05) is 26.1 Å². The fourth-order valence-corrected chi connectivity index (χ4v) is 3.19. The molecule has 0 spiro atoms. The predicted octanol–water partition coefficient (Wildman–Crippen LogP) is 3.53. The number of benzene rings is 2. The molecule has 2 aromatic carbocycles. The van der Waals surface area contributed by atoms with Crippen molar-refractivity contribution in [2.24, 2.45) is 0 Å². The molecular weight excluding hydrogens is 336 g/mol. The van der Waals surface area contributed by atoms with Crippen molar-refractivity contribution in [2.75, 3.05) is 7.11 Å². The highest BCUT2D eigenvalue weighted by atomic mass is 35.5. The van der Waals surface area contributed by atoms with Crippen molar-refractivity contribution >= 4 is 18.3 Å². The number of methoxy groups -OCH3 is 1. The van der Waals surface area contributed by atoms with Crippen LogP contribution in [0, 0.1) is 0 Å². The lowest BCUT2D eigenvalue weighted by atomic mass is 9.96. The molecule has 1 amide bonds. The summed E-state index contributed by atoms with van der Waals surface area (Å²) < 4.78 is 5.38. The average Bonchev–Trinajstić information content (AvgIpc) is 3.07. The van der Waals surface area contributed by atoms with Crippen LogP contribution in [0.3, 0.4) is 0 Å². The van der Waals surface area contributed by atoms with E-state index in [2.05, 4.69) is 35.8 Å². The highest BCUT2D eigenvalue weighted by molar-refractivity contribution is 5.85. The molecule has 2 aromatic rings. The first kappa shape index (κ1) is 19.3. The van der Waals surface area contributed by atoms with E-state index in [0.29, 0.717) is 13.0 Å². The quantitative estimate of drug-likeness (QED) is 0.828. The minimum absolute atomic E-state index is 0. The molecule has 3 rings (SSSR count). The maximum absolute atomic E-state index is 12.3. The summed E-state index contributed by atoms with van der Waals surface area (Å²) in [7, 11) is 1.66. The highest BCUT2D eigenvalue weighted by Crippen LogP contribution is 2.28. The summed E-state index contributed by atoms with van der Waals surface area (Å²) in [6.45, 7) is 4.49. The van der Waals surface area contributed by atoms with E-state index in [4.69, 9.17) is 4.74 Å². The molecule has 4 nitrogen and oxygen atoms in total. The van der Waals surface area contributed by atoms with E-state index in [-0.39, 0.29) is 24.2 Å². The Morgan fingerprint density at radius 3 is 2.76 bits per heavy atom. The number of halogens is 1. The fourth-order valence-electron chi connectivity index (χ4n) is 3.19. The van der Waals surface area contributed by atoms with E-state index in [1.54, 1.807) is 7.11 Å². The van der Waals surface area contributed by atoms with Gasteiger partial charge in [-0.15, -0.1) is 12.4 Å². The molecule has 25 heavy (non-hydrogen) atoms. The van der Waals surface area contributed by atoms with Crippen molar-refractivity contribution in [1.82, 2.24) is 10.6 Å². The van der Waals surface area contributed by atoms with Gasteiger partial charge in [-0.3, -0.25) is 4.79 Å². The second-order valence-corrected chi connectivity index (χ2v) is 6.33. The molecule has 1 atom stereocenters. The van der Waals surface area contributed by atoms with E-state index >= 15 is 0 Å². The van der Waals surface area contributed by atoms with Gasteiger partial charge in [-0.2, -0.15) is 0 Å². The Morgan fingerprint density at radius 2 is 1.96 bits per heavy atom. The number of carbonyl (C=O) groups is 1. The van der Waals surface area contributed by atoms with Crippen LogP contribution in [0.15, 0.2) is 42.5 Å². The van der Waals surface area contributed by atoms with Crippen LogP contribution in [0.1, 0.15) is 41.5 Å².